The Morgan fingerprint density at radius 3 is 2.85 bits per heavy atom. The van der Waals surface area contributed by atoms with E-state index in [4.69, 9.17) is 0 Å². The summed E-state index contributed by atoms with van der Waals surface area (Å²) in [5, 5.41) is 8.14. The maximum Gasteiger partial charge on any atom is 0.232 e. The van der Waals surface area contributed by atoms with Crippen molar-refractivity contribution in [2.45, 2.75) is 19.4 Å². The van der Waals surface area contributed by atoms with Crippen LogP contribution < -0.4 is 15.5 Å². The number of anilines is 4. The number of aromatic nitrogens is 3. The maximum atomic E-state index is 12.3. The molecule has 0 aliphatic carbocycles. The van der Waals surface area contributed by atoms with Crippen molar-refractivity contribution in [2.75, 3.05) is 22.1 Å². The molecule has 0 radical (unpaired) electrons. The van der Waals surface area contributed by atoms with Crippen LogP contribution in [-0.2, 0) is 24.2 Å². The van der Waals surface area contributed by atoms with E-state index < -0.39 is 0 Å². The molecule has 5 rings (SSSR count). The van der Waals surface area contributed by atoms with Crippen LogP contribution in [0.1, 0.15) is 16.0 Å². The number of halogens is 1. The molecular weight excluding hydrogens is 500 g/mol. The molecule has 1 aliphatic rings. The fourth-order valence-corrected chi connectivity index (χ4v) is 4.88. The van der Waals surface area contributed by atoms with E-state index >= 15 is 0 Å². The summed E-state index contributed by atoms with van der Waals surface area (Å²) in [4.78, 5) is 28.8. The van der Waals surface area contributed by atoms with Gasteiger partial charge in [-0.2, -0.15) is 4.98 Å². The summed E-state index contributed by atoms with van der Waals surface area (Å²) >= 11 is 5.12. The Kier molecular flexibility index (Phi) is 6.32. The summed E-state index contributed by atoms with van der Waals surface area (Å²) in [7, 11) is 0. The first-order valence-corrected chi connectivity index (χ1v) is 12.2. The highest BCUT2D eigenvalue weighted by atomic mass is 79.9. The van der Waals surface area contributed by atoms with Crippen molar-refractivity contribution >= 4 is 56.4 Å². The molecule has 166 valence electrons. The zero-order valence-corrected chi connectivity index (χ0v) is 20.1. The number of nitrogens with zero attached hydrogens (tertiary/aromatic N) is 4. The normalized spacial score (nSPS) is 12.8. The second-order valence-electron chi connectivity index (χ2n) is 7.70. The summed E-state index contributed by atoms with van der Waals surface area (Å²) in [5.74, 6) is 1.06. The molecule has 2 N–H and O–H groups in total. The summed E-state index contributed by atoms with van der Waals surface area (Å²) < 4.78 is 1.10. The van der Waals surface area contributed by atoms with Crippen LogP contribution in [0.25, 0.3) is 0 Å². The van der Waals surface area contributed by atoms with E-state index in [0.29, 0.717) is 18.3 Å². The van der Waals surface area contributed by atoms with Gasteiger partial charge in [0.1, 0.15) is 6.33 Å². The summed E-state index contributed by atoms with van der Waals surface area (Å²) in [6, 6.07) is 17.8. The van der Waals surface area contributed by atoms with E-state index in [2.05, 4.69) is 64.6 Å². The Hall–Kier alpha value is -3.30. The molecule has 0 fully saturated rings. The zero-order chi connectivity index (χ0) is 22.6. The predicted molar refractivity (Wildman–Crippen MR) is 135 cm³/mol. The molecule has 4 aromatic rings. The monoisotopic (exact) mass is 520 g/mol. The van der Waals surface area contributed by atoms with E-state index in [1.54, 1.807) is 11.3 Å². The summed E-state index contributed by atoms with van der Waals surface area (Å²) in [5.41, 5.74) is 4.14. The Balaban J connectivity index is 1.26. The lowest BCUT2D eigenvalue weighted by Gasteiger charge is -2.29. The Labute approximate surface area is 204 Å². The summed E-state index contributed by atoms with van der Waals surface area (Å²) in [6.45, 7) is 1.61. The second kappa shape index (κ2) is 9.68. The average molecular weight is 521 g/mol. The lowest BCUT2D eigenvalue weighted by atomic mass is 10.0. The highest BCUT2D eigenvalue weighted by molar-refractivity contribution is 9.10. The van der Waals surface area contributed by atoms with Gasteiger partial charge in [0.25, 0.3) is 0 Å². The molecule has 7 nitrogen and oxygen atoms in total. The van der Waals surface area contributed by atoms with E-state index in [0.717, 1.165) is 40.2 Å². The van der Waals surface area contributed by atoms with Crippen LogP contribution in [0, 0.1) is 0 Å². The Morgan fingerprint density at radius 2 is 1.97 bits per heavy atom. The van der Waals surface area contributed by atoms with Gasteiger partial charge in [0.05, 0.1) is 6.42 Å². The van der Waals surface area contributed by atoms with Gasteiger partial charge in [-0.15, -0.1) is 11.3 Å². The van der Waals surface area contributed by atoms with Crippen molar-refractivity contribution in [1.29, 1.82) is 0 Å². The van der Waals surface area contributed by atoms with Crippen molar-refractivity contribution in [2.24, 2.45) is 0 Å². The number of amides is 1. The molecule has 1 aliphatic heterocycles. The van der Waals surface area contributed by atoms with Crippen molar-refractivity contribution in [3.05, 3.63) is 86.8 Å². The van der Waals surface area contributed by atoms with Crippen LogP contribution in [0.2, 0.25) is 0 Å². The number of thiophene rings is 1. The number of rotatable bonds is 6. The molecule has 33 heavy (non-hydrogen) atoms. The largest absolute Gasteiger partial charge is 0.336 e. The van der Waals surface area contributed by atoms with E-state index in [1.807, 2.05) is 41.8 Å². The van der Waals surface area contributed by atoms with Crippen LogP contribution in [0.5, 0.6) is 0 Å². The average Bonchev–Trinajstić information content (AvgIpc) is 3.32. The van der Waals surface area contributed by atoms with Gasteiger partial charge in [0, 0.05) is 33.8 Å². The van der Waals surface area contributed by atoms with E-state index in [1.165, 1.54) is 17.5 Å². The third-order valence-corrected chi connectivity index (χ3v) is 6.71. The Bertz CT molecular complexity index is 1280. The minimum Gasteiger partial charge on any atom is -0.336 e. The molecular formula is C24H21BrN6OS. The smallest absolute Gasteiger partial charge is 0.232 e. The van der Waals surface area contributed by atoms with Crippen LogP contribution >= 0.6 is 27.3 Å². The lowest BCUT2D eigenvalue weighted by molar-refractivity contribution is -0.115. The molecule has 0 unspecified atom stereocenters. The number of fused-ring (bicyclic) bond motifs is 1. The highest BCUT2D eigenvalue weighted by Crippen LogP contribution is 2.26. The van der Waals surface area contributed by atoms with Gasteiger partial charge in [-0.1, -0.05) is 34.1 Å². The van der Waals surface area contributed by atoms with Gasteiger partial charge >= 0.3 is 0 Å². The van der Waals surface area contributed by atoms with Crippen molar-refractivity contribution in [3.63, 3.8) is 0 Å². The standard InChI is InChI=1S/C24H21BrN6OS/c25-18-7-6-17-14-31(9-8-16(17)11-18)24-27-15-26-23(30-24)29-20-4-1-3-19(12-20)28-22(32)13-21-5-2-10-33-21/h1-7,10-12,15H,8-9,13-14H2,(H,28,32)(H,26,27,29,30). The third-order valence-electron chi connectivity index (χ3n) is 5.34. The first-order chi connectivity index (χ1) is 16.1. The SMILES string of the molecule is O=C(Cc1cccs1)Nc1cccc(Nc2ncnc(N3CCc4cc(Br)ccc4C3)n2)c1. The van der Waals surface area contributed by atoms with Crippen LogP contribution in [0.4, 0.5) is 23.3 Å². The number of benzene rings is 2. The van der Waals surface area contributed by atoms with E-state index in [9.17, 15) is 4.79 Å². The zero-order valence-electron chi connectivity index (χ0n) is 17.7. The maximum absolute atomic E-state index is 12.3. The molecule has 0 saturated heterocycles. The number of nitrogens with one attached hydrogen (secondary N) is 2. The summed E-state index contributed by atoms with van der Waals surface area (Å²) in [6.07, 6.45) is 2.83. The topological polar surface area (TPSA) is 83.0 Å². The van der Waals surface area contributed by atoms with Crippen molar-refractivity contribution in [3.8, 4) is 0 Å². The molecule has 2 aromatic carbocycles. The fourth-order valence-electron chi connectivity index (χ4n) is 3.77. The minimum absolute atomic E-state index is 0.0468. The van der Waals surface area contributed by atoms with Gasteiger partial charge in [-0.3, -0.25) is 4.79 Å². The van der Waals surface area contributed by atoms with Gasteiger partial charge < -0.3 is 15.5 Å². The first-order valence-electron chi connectivity index (χ1n) is 10.5. The molecule has 2 aromatic heterocycles. The highest BCUT2D eigenvalue weighted by Gasteiger charge is 2.19. The molecule has 0 atom stereocenters. The molecule has 0 bridgehead atoms. The van der Waals surface area contributed by atoms with Gasteiger partial charge in [0.15, 0.2) is 0 Å². The fraction of sp³-hybridized carbons (Fsp3) is 0.167. The quantitative estimate of drug-likeness (QED) is 0.364. The predicted octanol–water partition coefficient (Wildman–Crippen LogP) is 5.18. The van der Waals surface area contributed by atoms with Crippen LogP contribution in [0.15, 0.2) is 70.8 Å². The Morgan fingerprint density at radius 1 is 1.06 bits per heavy atom. The lowest BCUT2D eigenvalue weighted by Crippen LogP contribution is -2.32. The first kappa shape index (κ1) is 21.5. The molecule has 9 heteroatoms. The van der Waals surface area contributed by atoms with Gasteiger partial charge in [-0.25, -0.2) is 9.97 Å². The molecule has 0 saturated carbocycles. The van der Waals surface area contributed by atoms with Crippen LogP contribution in [0.3, 0.4) is 0 Å². The van der Waals surface area contributed by atoms with E-state index in [-0.39, 0.29) is 5.91 Å². The third kappa shape index (κ3) is 5.37. The molecule has 3 heterocycles. The van der Waals surface area contributed by atoms with Crippen molar-refractivity contribution in [1.82, 2.24) is 15.0 Å². The number of carbonyl (C=O) groups excluding carboxylic acids is 1. The number of hydrogen-bond donors (Lipinski definition) is 2. The number of carbonyl (C=O) groups is 1. The van der Waals surface area contributed by atoms with Crippen molar-refractivity contribution < 1.29 is 4.79 Å². The van der Waals surface area contributed by atoms with Gasteiger partial charge in [0.2, 0.25) is 17.8 Å². The second-order valence-corrected chi connectivity index (χ2v) is 9.65. The minimum atomic E-state index is -0.0468. The number of hydrogen-bond acceptors (Lipinski definition) is 7. The molecule has 1 amide bonds. The van der Waals surface area contributed by atoms with Gasteiger partial charge in [-0.05, 0) is 59.3 Å². The van der Waals surface area contributed by atoms with Crippen LogP contribution in [-0.4, -0.2) is 27.4 Å². The molecule has 0 spiro atoms.